The summed E-state index contributed by atoms with van der Waals surface area (Å²) in [6, 6.07) is 7.46. The van der Waals surface area contributed by atoms with Gasteiger partial charge >= 0.3 is 0 Å². The van der Waals surface area contributed by atoms with Gasteiger partial charge in [0.25, 0.3) is 0 Å². The quantitative estimate of drug-likeness (QED) is 0.839. The highest BCUT2D eigenvalue weighted by molar-refractivity contribution is 6.30. The van der Waals surface area contributed by atoms with Gasteiger partial charge in [-0.3, -0.25) is 4.79 Å². The van der Waals surface area contributed by atoms with E-state index in [1.54, 1.807) is 0 Å². The lowest BCUT2D eigenvalue weighted by atomic mass is 9.65. The molecule has 0 aromatic heterocycles. The molecule has 0 heterocycles. The van der Waals surface area contributed by atoms with Crippen LogP contribution in [0.5, 0.6) is 0 Å². The highest BCUT2D eigenvalue weighted by Gasteiger charge is 2.42. The van der Waals surface area contributed by atoms with Crippen LogP contribution in [0.25, 0.3) is 0 Å². The van der Waals surface area contributed by atoms with Crippen LogP contribution in [0.15, 0.2) is 24.3 Å². The van der Waals surface area contributed by atoms with Crippen molar-refractivity contribution in [1.82, 2.24) is 0 Å². The van der Waals surface area contributed by atoms with Crippen molar-refractivity contribution >= 4 is 17.5 Å². The predicted molar refractivity (Wildman–Crippen MR) is 60.3 cm³/mol. The fourth-order valence-corrected chi connectivity index (χ4v) is 2.02. The molecular formula is C12H13ClNO. The molecule has 79 valence electrons. The van der Waals surface area contributed by atoms with E-state index in [1.165, 1.54) is 0 Å². The Morgan fingerprint density at radius 3 is 2.33 bits per heavy atom. The van der Waals surface area contributed by atoms with E-state index >= 15 is 0 Å². The molecular weight excluding hydrogens is 210 g/mol. The third-order valence-electron chi connectivity index (χ3n) is 3.05. The molecule has 0 unspecified atom stereocenters. The molecule has 1 saturated carbocycles. The molecule has 3 heteroatoms. The summed E-state index contributed by atoms with van der Waals surface area (Å²) in [4.78, 5) is 11.3. The number of primary amides is 1. The maximum atomic E-state index is 11.3. The van der Waals surface area contributed by atoms with E-state index in [1.807, 2.05) is 30.7 Å². The van der Waals surface area contributed by atoms with E-state index in [0.717, 1.165) is 24.8 Å². The Bertz CT molecular complexity index is 368. The molecule has 0 aliphatic heterocycles. The molecule has 0 spiro atoms. The van der Waals surface area contributed by atoms with Gasteiger partial charge in [-0.25, -0.2) is 0 Å². The van der Waals surface area contributed by atoms with Crippen molar-refractivity contribution in [1.29, 1.82) is 0 Å². The van der Waals surface area contributed by atoms with Crippen LogP contribution < -0.4 is 5.73 Å². The van der Waals surface area contributed by atoms with Gasteiger partial charge < -0.3 is 5.73 Å². The minimum atomic E-state index is -0.409. The minimum Gasteiger partial charge on any atom is -0.369 e. The number of hydrogen-bond donors (Lipinski definition) is 1. The Kier molecular flexibility index (Phi) is 2.70. The third-order valence-corrected chi connectivity index (χ3v) is 3.30. The van der Waals surface area contributed by atoms with Crippen LogP contribution in [-0.4, -0.2) is 5.91 Å². The predicted octanol–water partition coefficient (Wildman–Crippen LogP) is 2.55. The van der Waals surface area contributed by atoms with E-state index < -0.39 is 5.41 Å². The second kappa shape index (κ2) is 3.86. The molecule has 1 aromatic rings. The number of nitrogens with two attached hydrogens (primary N) is 1. The van der Waals surface area contributed by atoms with Crippen LogP contribution in [0.2, 0.25) is 5.02 Å². The SMILES string of the molecule is NC(=O)C1([CH]c2ccc(Cl)cc2)CCC1. The third kappa shape index (κ3) is 2.00. The van der Waals surface area contributed by atoms with Gasteiger partial charge in [0.15, 0.2) is 0 Å². The van der Waals surface area contributed by atoms with Crippen molar-refractivity contribution in [3.05, 3.63) is 41.3 Å². The van der Waals surface area contributed by atoms with Crippen molar-refractivity contribution < 1.29 is 4.79 Å². The number of rotatable bonds is 3. The number of benzene rings is 1. The van der Waals surface area contributed by atoms with Gasteiger partial charge in [0.2, 0.25) is 5.91 Å². The summed E-state index contributed by atoms with van der Waals surface area (Å²) in [7, 11) is 0. The van der Waals surface area contributed by atoms with Crippen LogP contribution >= 0.6 is 11.6 Å². The molecule has 1 fully saturated rings. The Morgan fingerprint density at radius 1 is 1.33 bits per heavy atom. The molecule has 2 N–H and O–H groups in total. The Hall–Kier alpha value is -1.02. The lowest BCUT2D eigenvalue weighted by Gasteiger charge is -2.38. The summed E-state index contributed by atoms with van der Waals surface area (Å²) in [5.41, 5.74) is 6.02. The number of halogens is 1. The van der Waals surface area contributed by atoms with Gasteiger partial charge in [-0.2, -0.15) is 0 Å². The summed E-state index contributed by atoms with van der Waals surface area (Å²) in [5.74, 6) is -0.219. The first kappa shape index (κ1) is 10.5. The number of carbonyl (C=O) groups is 1. The van der Waals surface area contributed by atoms with Crippen molar-refractivity contribution in [3.8, 4) is 0 Å². The van der Waals surface area contributed by atoms with E-state index in [2.05, 4.69) is 0 Å². The van der Waals surface area contributed by atoms with Gasteiger partial charge in [-0.1, -0.05) is 30.2 Å². The zero-order valence-electron chi connectivity index (χ0n) is 8.37. The number of carbonyl (C=O) groups excluding carboxylic acids is 1. The van der Waals surface area contributed by atoms with E-state index in [-0.39, 0.29) is 5.91 Å². The van der Waals surface area contributed by atoms with Gasteiger partial charge in [0.05, 0.1) is 5.41 Å². The van der Waals surface area contributed by atoms with Crippen LogP contribution in [-0.2, 0) is 4.79 Å². The van der Waals surface area contributed by atoms with Crippen LogP contribution in [0.1, 0.15) is 24.8 Å². The largest absolute Gasteiger partial charge is 0.369 e. The fraction of sp³-hybridized carbons (Fsp3) is 0.333. The second-order valence-corrected chi connectivity index (χ2v) is 4.51. The molecule has 0 saturated heterocycles. The van der Waals surface area contributed by atoms with E-state index in [9.17, 15) is 4.79 Å². The van der Waals surface area contributed by atoms with Crippen molar-refractivity contribution in [2.24, 2.45) is 11.1 Å². The minimum absolute atomic E-state index is 0.219. The molecule has 1 radical (unpaired) electrons. The monoisotopic (exact) mass is 222 g/mol. The molecule has 0 atom stereocenters. The van der Waals surface area contributed by atoms with Crippen molar-refractivity contribution in [2.75, 3.05) is 0 Å². The summed E-state index contributed by atoms with van der Waals surface area (Å²) < 4.78 is 0. The highest BCUT2D eigenvalue weighted by Crippen LogP contribution is 2.44. The zero-order chi connectivity index (χ0) is 10.9. The Morgan fingerprint density at radius 2 is 1.93 bits per heavy atom. The van der Waals surface area contributed by atoms with Crippen LogP contribution in [0, 0.1) is 11.8 Å². The summed E-state index contributed by atoms with van der Waals surface area (Å²) >= 11 is 5.79. The fourth-order valence-electron chi connectivity index (χ4n) is 1.90. The van der Waals surface area contributed by atoms with Crippen molar-refractivity contribution in [3.63, 3.8) is 0 Å². The normalized spacial score (nSPS) is 18.2. The standard InChI is InChI=1S/C12H13ClNO/c13-10-4-2-9(3-5-10)8-12(11(14)15)6-1-7-12/h2-5,8H,1,6-7H2,(H2,14,15). The summed E-state index contributed by atoms with van der Waals surface area (Å²) in [5, 5.41) is 0.703. The molecule has 1 aliphatic carbocycles. The van der Waals surface area contributed by atoms with Gasteiger partial charge in [-0.05, 0) is 30.5 Å². The molecule has 1 amide bonds. The molecule has 1 aliphatic rings. The molecule has 2 nitrogen and oxygen atoms in total. The second-order valence-electron chi connectivity index (χ2n) is 4.07. The Labute approximate surface area is 94.4 Å². The highest BCUT2D eigenvalue weighted by atomic mass is 35.5. The average molecular weight is 223 g/mol. The first-order valence-corrected chi connectivity index (χ1v) is 5.42. The molecule has 15 heavy (non-hydrogen) atoms. The van der Waals surface area contributed by atoms with E-state index in [4.69, 9.17) is 17.3 Å². The first-order valence-electron chi connectivity index (χ1n) is 5.04. The lowest BCUT2D eigenvalue weighted by molar-refractivity contribution is -0.129. The van der Waals surface area contributed by atoms with Gasteiger partial charge in [0.1, 0.15) is 0 Å². The Balaban J connectivity index is 2.13. The zero-order valence-corrected chi connectivity index (χ0v) is 9.13. The molecule has 1 aromatic carbocycles. The summed E-state index contributed by atoms with van der Waals surface area (Å²) in [6.45, 7) is 0. The maximum Gasteiger partial charge on any atom is 0.224 e. The topological polar surface area (TPSA) is 43.1 Å². The lowest BCUT2D eigenvalue weighted by Crippen LogP contribution is -2.43. The van der Waals surface area contributed by atoms with Crippen LogP contribution in [0.3, 0.4) is 0 Å². The molecule has 2 rings (SSSR count). The van der Waals surface area contributed by atoms with E-state index in [0.29, 0.717) is 5.02 Å². The summed E-state index contributed by atoms with van der Waals surface area (Å²) in [6.07, 6.45) is 4.78. The number of hydrogen-bond acceptors (Lipinski definition) is 1. The average Bonchev–Trinajstić information content (AvgIpc) is 2.13. The number of amides is 1. The van der Waals surface area contributed by atoms with Crippen molar-refractivity contribution in [2.45, 2.75) is 19.3 Å². The van der Waals surface area contributed by atoms with Crippen LogP contribution in [0.4, 0.5) is 0 Å². The molecule has 0 bridgehead atoms. The first-order chi connectivity index (χ1) is 7.12. The maximum absolute atomic E-state index is 11.3. The smallest absolute Gasteiger partial charge is 0.224 e. The van der Waals surface area contributed by atoms with Gasteiger partial charge in [0, 0.05) is 11.4 Å². The van der Waals surface area contributed by atoms with Gasteiger partial charge in [-0.15, -0.1) is 0 Å².